The van der Waals surface area contributed by atoms with Crippen LogP contribution in [0.4, 0.5) is 0 Å². The van der Waals surface area contributed by atoms with E-state index in [1.165, 1.54) is 19.1 Å². The minimum atomic E-state index is -3.27. The standard InChI is InChI=1S/C15H20N2O2S2/c1-10(2)15(7-8-15)9-17-11-5-4-6-12(21(3,18)19)13(11)16-14(17)20/h4-6,10H,7-9H2,1-3H3,(H,16,20). The lowest BCUT2D eigenvalue weighted by molar-refractivity contribution is 0.311. The topological polar surface area (TPSA) is 54.9 Å². The minimum Gasteiger partial charge on any atom is -0.329 e. The lowest BCUT2D eigenvalue weighted by atomic mass is 9.92. The SMILES string of the molecule is CC(C)C1(Cn2c(=S)[nH]c3c(S(C)(=O)=O)cccc32)CC1. The van der Waals surface area contributed by atoms with E-state index in [4.69, 9.17) is 12.2 Å². The fourth-order valence-corrected chi connectivity index (χ4v) is 4.13. The molecule has 0 aliphatic heterocycles. The first kappa shape index (κ1) is 14.8. The summed E-state index contributed by atoms with van der Waals surface area (Å²) in [5, 5.41) is 0. The van der Waals surface area contributed by atoms with Crippen molar-refractivity contribution < 1.29 is 8.42 Å². The average molecular weight is 324 g/mol. The Morgan fingerprint density at radius 3 is 2.57 bits per heavy atom. The van der Waals surface area contributed by atoms with E-state index >= 15 is 0 Å². The molecule has 0 amide bonds. The third kappa shape index (κ3) is 2.44. The largest absolute Gasteiger partial charge is 0.329 e. The zero-order valence-corrected chi connectivity index (χ0v) is 14.1. The van der Waals surface area contributed by atoms with Crippen molar-refractivity contribution in [3.05, 3.63) is 23.0 Å². The summed E-state index contributed by atoms with van der Waals surface area (Å²) >= 11 is 5.43. The quantitative estimate of drug-likeness (QED) is 0.875. The number of aromatic nitrogens is 2. The number of H-pyrrole nitrogens is 1. The lowest BCUT2D eigenvalue weighted by Crippen LogP contribution is -2.17. The molecule has 0 atom stereocenters. The molecule has 1 aromatic carbocycles. The third-order valence-electron chi connectivity index (χ3n) is 4.76. The van der Waals surface area contributed by atoms with Crippen molar-refractivity contribution in [2.75, 3.05) is 6.26 Å². The summed E-state index contributed by atoms with van der Waals surface area (Å²) in [4.78, 5) is 3.41. The molecule has 6 heteroatoms. The summed E-state index contributed by atoms with van der Waals surface area (Å²) < 4.78 is 26.5. The van der Waals surface area contributed by atoms with Gasteiger partial charge >= 0.3 is 0 Å². The van der Waals surface area contributed by atoms with Crippen LogP contribution in [0.3, 0.4) is 0 Å². The molecular weight excluding hydrogens is 304 g/mol. The Balaban J connectivity index is 2.18. The fourth-order valence-electron chi connectivity index (χ4n) is 3.01. The number of hydrogen-bond acceptors (Lipinski definition) is 3. The van der Waals surface area contributed by atoms with Gasteiger partial charge in [-0.1, -0.05) is 19.9 Å². The Morgan fingerprint density at radius 1 is 1.38 bits per heavy atom. The molecule has 1 heterocycles. The van der Waals surface area contributed by atoms with E-state index in [1.54, 1.807) is 12.1 Å². The molecule has 1 N–H and O–H groups in total. The molecule has 0 bridgehead atoms. The zero-order chi connectivity index (χ0) is 15.4. The number of imidazole rings is 1. The minimum absolute atomic E-state index is 0.314. The highest BCUT2D eigenvalue weighted by atomic mass is 32.2. The second-order valence-corrected chi connectivity index (χ2v) is 8.83. The van der Waals surface area contributed by atoms with Crippen LogP contribution in [-0.2, 0) is 16.4 Å². The molecule has 4 nitrogen and oxygen atoms in total. The van der Waals surface area contributed by atoms with E-state index in [1.807, 2.05) is 6.07 Å². The normalized spacial score (nSPS) is 17.5. The number of sulfone groups is 1. The van der Waals surface area contributed by atoms with Crippen LogP contribution in [0.2, 0.25) is 0 Å². The van der Waals surface area contributed by atoms with Crippen LogP contribution in [0.5, 0.6) is 0 Å². The number of nitrogens with one attached hydrogen (secondary N) is 1. The van der Waals surface area contributed by atoms with Gasteiger partial charge in [0.2, 0.25) is 0 Å². The van der Waals surface area contributed by atoms with Crippen molar-refractivity contribution in [1.29, 1.82) is 0 Å². The first-order valence-electron chi connectivity index (χ1n) is 7.16. The Hall–Kier alpha value is -1.14. The smallest absolute Gasteiger partial charge is 0.178 e. The molecule has 1 saturated carbocycles. The number of fused-ring (bicyclic) bond motifs is 1. The van der Waals surface area contributed by atoms with E-state index in [2.05, 4.69) is 23.4 Å². The van der Waals surface area contributed by atoms with Gasteiger partial charge in [-0.05, 0) is 48.5 Å². The zero-order valence-electron chi connectivity index (χ0n) is 12.5. The summed E-state index contributed by atoms with van der Waals surface area (Å²) in [6.07, 6.45) is 3.66. The predicted molar refractivity (Wildman–Crippen MR) is 86.7 cm³/mol. The Bertz CT molecular complexity index is 855. The van der Waals surface area contributed by atoms with Gasteiger partial charge in [-0.15, -0.1) is 0 Å². The second-order valence-electron chi connectivity index (χ2n) is 6.46. The summed E-state index contributed by atoms with van der Waals surface area (Å²) in [6, 6.07) is 5.35. The Labute approximate surface area is 130 Å². The Morgan fingerprint density at radius 2 is 2.05 bits per heavy atom. The molecule has 1 aliphatic rings. The van der Waals surface area contributed by atoms with E-state index in [0.717, 1.165) is 12.1 Å². The van der Waals surface area contributed by atoms with Gasteiger partial charge in [-0.2, -0.15) is 0 Å². The van der Waals surface area contributed by atoms with Crippen molar-refractivity contribution in [3.63, 3.8) is 0 Å². The first-order chi connectivity index (χ1) is 9.74. The number of para-hydroxylation sites is 1. The van der Waals surface area contributed by atoms with E-state index in [-0.39, 0.29) is 0 Å². The highest BCUT2D eigenvalue weighted by Crippen LogP contribution is 2.53. The molecular formula is C15H20N2O2S2. The number of benzene rings is 1. The summed E-state index contributed by atoms with van der Waals surface area (Å²) in [5.41, 5.74) is 1.83. The first-order valence-corrected chi connectivity index (χ1v) is 9.46. The number of hydrogen-bond donors (Lipinski definition) is 1. The maximum Gasteiger partial charge on any atom is 0.178 e. The van der Waals surface area contributed by atoms with E-state index in [9.17, 15) is 8.42 Å². The molecule has 0 saturated heterocycles. The molecule has 114 valence electrons. The molecule has 0 radical (unpaired) electrons. The maximum absolute atomic E-state index is 11.9. The highest BCUT2D eigenvalue weighted by molar-refractivity contribution is 7.91. The van der Waals surface area contributed by atoms with E-state index in [0.29, 0.717) is 26.5 Å². The van der Waals surface area contributed by atoms with E-state index < -0.39 is 9.84 Å². The van der Waals surface area contributed by atoms with Crippen LogP contribution in [-0.4, -0.2) is 24.2 Å². The monoisotopic (exact) mass is 324 g/mol. The van der Waals surface area contributed by atoms with Gasteiger partial charge in [0.15, 0.2) is 14.6 Å². The number of rotatable bonds is 4. The number of nitrogens with zero attached hydrogens (tertiary/aromatic N) is 1. The third-order valence-corrected chi connectivity index (χ3v) is 6.22. The van der Waals surface area contributed by atoms with Crippen LogP contribution in [0, 0.1) is 16.1 Å². The predicted octanol–water partition coefficient (Wildman–Crippen LogP) is 3.54. The van der Waals surface area contributed by atoms with Gasteiger partial charge < -0.3 is 9.55 Å². The van der Waals surface area contributed by atoms with Gasteiger partial charge in [0, 0.05) is 12.8 Å². The molecule has 1 fully saturated rings. The molecule has 0 unspecified atom stereocenters. The second kappa shape index (κ2) is 4.68. The summed E-state index contributed by atoms with van der Waals surface area (Å²) in [7, 11) is -3.27. The van der Waals surface area contributed by atoms with Gasteiger partial charge in [-0.25, -0.2) is 8.42 Å². The summed E-state index contributed by atoms with van der Waals surface area (Å²) in [6.45, 7) is 5.34. The van der Waals surface area contributed by atoms with Crippen LogP contribution < -0.4 is 0 Å². The van der Waals surface area contributed by atoms with Crippen molar-refractivity contribution in [2.24, 2.45) is 11.3 Å². The molecule has 1 aromatic heterocycles. The van der Waals surface area contributed by atoms with Crippen molar-refractivity contribution in [3.8, 4) is 0 Å². The van der Waals surface area contributed by atoms with Crippen LogP contribution in [0.1, 0.15) is 26.7 Å². The molecule has 3 rings (SSSR count). The van der Waals surface area contributed by atoms with Crippen LogP contribution >= 0.6 is 12.2 Å². The molecule has 21 heavy (non-hydrogen) atoms. The van der Waals surface area contributed by atoms with Gasteiger partial charge in [0.1, 0.15) is 0 Å². The summed E-state index contributed by atoms with van der Waals surface area (Å²) in [5.74, 6) is 0.599. The molecule has 1 aliphatic carbocycles. The highest BCUT2D eigenvalue weighted by Gasteiger charge is 2.45. The maximum atomic E-state index is 11.9. The molecule has 0 spiro atoms. The average Bonchev–Trinajstić information content (AvgIpc) is 3.09. The van der Waals surface area contributed by atoms with Gasteiger partial charge in [-0.3, -0.25) is 0 Å². The van der Waals surface area contributed by atoms with Gasteiger partial charge in [0.25, 0.3) is 0 Å². The van der Waals surface area contributed by atoms with Crippen molar-refractivity contribution in [2.45, 2.75) is 38.1 Å². The van der Waals surface area contributed by atoms with Crippen LogP contribution in [0.15, 0.2) is 23.1 Å². The Kier molecular flexibility index (Phi) is 3.29. The molecule has 2 aromatic rings. The number of aromatic amines is 1. The lowest BCUT2D eigenvalue weighted by Gasteiger charge is -2.20. The fraction of sp³-hybridized carbons (Fsp3) is 0.533. The van der Waals surface area contributed by atoms with Gasteiger partial charge in [0.05, 0.1) is 15.9 Å². The van der Waals surface area contributed by atoms with Crippen LogP contribution in [0.25, 0.3) is 11.0 Å². The van der Waals surface area contributed by atoms with Crippen molar-refractivity contribution in [1.82, 2.24) is 9.55 Å². The van der Waals surface area contributed by atoms with Crippen molar-refractivity contribution >= 4 is 33.1 Å².